The van der Waals surface area contributed by atoms with Crippen LogP contribution in [0.3, 0.4) is 0 Å². The van der Waals surface area contributed by atoms with Gasteiger partial charge in [0.1, 0.15) is 0 Å². The van der Waals surface area contributed by atoms with Crippen molar-refractivity contribution in [3.05, 3.63) is 6.92 Å². The number of hydrogen-bond donors (Lipinski definition) is 2. The average Bonchev–Trinajstić information content (AvgIpc) is 1.91. The van der Waals surface area contributed by atoms with Crippen LogP contribution in [0.5, 0.6) is 0 Å². The zero-order valence-electron chi connectivity index (χ0n) is 4.67. The van der Waals surface area contributed by atoms with Crippen LogP contribution < -0.4 is 5.32 Å². The Kier molecular flexibility index (Phi) is 4.32. The molecule has 0 spiro atoms. The third-order valence-corrected chi connectivity index (χ3v) is 1.30. The summed E-state index contributed by atoms with van der Waals surface area (Å²) in [5, 5.41) is 11.9. The Morgan fingerprint density at radius 3 is 2.25 bits per heavy atom. The molecule has 0 bridgehead atoms. The van der Waals surface area contributed by atoms with Gasteiger partial charge in [-0.2, -0.15) is 0 Å². The van der Waals surface area contributed by atoms with Gasteiger partial charge in [0.2, 0.25) is 0 Å². The number of β-amino-alcohol motifs (C(OH)–C–C–N with tert-alkyl or cyclic N) is 1. The van der Waals surface area contributed by atoms with Crippen molar-refractivity contribution < 1.29 is 35.0 Å². The maximum Gasteiger partial charge on any atom is 0.0432 e. The molecule has 0 amide bonds. The summed E-state index contributed by atoms with van der Waals surface area (Å²) in [6, 6.07) is 0. The maximum absolute atomic E-state index is 8.87. The molecule has 1 rings (SSSR count). The molecule has 2 N–H and O–H groups in total. The Balaban J connectivity index is 0.000000490. The second-order valence-electron chi connectivity index (χ2n) is 1.99. The maximum atomic E-state index is 8.87. The molecule has 0 aromatic rings. The van der Waals surface area contributed by atoms with Gasteiger partial charge < -0.3 is 17.3 Å². The molecule has 1 heterocycles. The summed E-state index contributed by atoms with van der Waals surface area (Å²) in [5.74, 6) is 0.208. The Bertz CT molecular complexity index is 61.4. The summed E-state index contributed by atoms with van der Waals surface area (Å²) in [4.78, 5) is 0. The second kappa shape index (κ2) is 3.86. The minimum absolute atomic E-state index is 0. The van der Waals surface area contributed by atoms with E-state index in [4.69, 9.17) is 5.11 Å². The van der Waals surface area contributed by atoms with E-state index in [-0.39, 0.29) is 42.0 Å². The zero-order chi connectivity index (χ0) is 5.28. The zero-order valence-corrected chi connectivity index (χ0v) is 8.39. The van der Waals surface area contributed by atoms with Crippen LogP contribution in [0, 0.1) is 42.8 Å². The van der Waals surface area contributed by atoms with Gasteiger partial charge in [0.15, 0.2) is 0 Å². The van der Waals surface area contributed by atoms with E-state index in [0.717, 1.165) is 6.54 Å². The summed E-state index contributed by atoms with van der Waals surface area (Å²) in [7, 11) is 0. The first-order chi connectivity index (χ1) is 3.30. The SMILES string of the molecule is [CH2-][C@@H]1CNC[C@@H]1O.[Np]. The van der Waals surface area contributed by atoms with Crippen molar-refractivity contribution in [2.24, 2.45) is 5.92 Å². The fourth-order valence-electron chi connectivity index (χ4n) is 0.719. The smallest absolute Gasteiger partial charge is 0.0432 e. The van der Waals surface area contributed by atoms with Crippen LogP contribution in [0.15, 0.2) is 0 Å². The largest absolute Gasteiger partial charge is 0.394 e. The molecule has 1 saturated heterocycles. The Hall–Kier alpha value is 0.933. The van der Waals surface area contributed by atoms with Crippen molar-refractivity contribution in [2.75, 3.05) is 13.1 Å². The first kappa shape index (κ1) is 8.93. The molecule has 1 aliphatic heterocycles. The van der Waals surface area contributed by atoms with Gasteiger partial charge in [0.25, 0.3) is 0 Å². The van der Waals surface area contributed by atoms with E-state index in [1.54, 1.807) is 0 Å². The molecule has 3 heteroatoms. The van der Waals surface area contributed by atoms with Gasteiger partial charge in [0.05, 0.1) is 0 Å². The van der Waals surface area contributed by atoms with Crippen LogP contribution in [0.4, 0.5) is 0 Å². The molecule has 1 fully saturated rings. The van der Waals surface area contributed by atoms with Gasteiger partial charge in [-0.25, -0.2) is 0 Å². The molecule has 2 nitrogen and oxygen atoms in total. The predicted molar refractivity (Wildman–Crippen MR) is 27.7 cm³/mol. The van der Waals surface area contributed by atoms with Crippen molar-refractivity contribution in [3.63, 3.8) is 0 Å². The first-order valence-corrected chi connectivity index (χ1v) is 2.52. The van der Waals surface area contributed by atoms with E-state index in [1.165, 1.54) is 0 Å². The number of rotatable bonds is 0. The summed E-state index contributed by atoms with van der Waals surface area (Å²) in [6.07, 6.45) is -0.208. The van der Waals surface area contributed by atoms with Gasteiger partial charge in [0, 0.05) is 42.6 Å². The van der Waals surface area contributed by atoms with E-state index in [2.05, 4.69) is 12.2 Å². The van der Waals surface area contributed by atoms with E-state index in [0.29, 0.717) is 6.54 Å². The fraction of sp³-hybridized carbons (Fsp3) is 0.800. The monoisotopic (exact) mass is 336 g/mol. The molecular formula is C5H10NNpO-. The van der Waals surface area contributed by atoms with Gasteiger partial charge in [-0.1, -0.05) is 0 Å². The second-order valence-corrected chi connectivity index (χ2v) is 1.99. The van der Waals surface area contributed by atoms with E-state index in [9.17, 15) is 0 Å². The first-order valence-electron chi connectivity index (χ1n) is 2.52. The standard InChI is InChI=1S/C5H10NO.Np/c1-4-2-6-3-5(4)7;/h4-7H,1-3H2;/q-1;/t4-,5+;/m1./s1. The predicted octanol–water partition coefficient (Wildman–Crippen LogP) is -0.599. The Morgan fingerprint density at radius 1 is 1.50 bits per heavy atom. The molecular weight excluding hydrogens is 327 g/mol. The molecule has 2 atom stereocenters. The van der Waals surface area contributed by atoms with Crippen LogP contribution in [0.25, 0.3) is 0 Å². The molecule has 1 aliphatic rings. The van der Waals surface area contributed by atoms with Crippen molar-refractivity contribution in [1.29, 1.82) is 0 Å². The molecule has 0 aromatic carbocycles. The van der Waals surface area contributed by atoms with Gasteiger partial charge >= 0.3 is 0 Å². The molecule has 0 unspecified atom stereocenters. The number of aliphatic hydroxyl groups excluding tert-OH is 1. The van der Waals surface area contributed by atoms with Crippen molar-refractivity contribution in [1.82, 2.24) is 5.32 Å². The van der Waals surface area contributed by atoms with Crippen LogP contribution in [0.2, 0.25) is 0 Å². The normalized spacial score (nSPS) is 36.8. The quantitative estimate of drug-likeness (QED) is 0.579. The Labute approximate surface area is 72.3 Å². The summed E-state index contributed by atoms with van der Waals surface area (Å²) >= 11 is 0. The average molecular weight is 337 g/mol. The van der Waals surface area contributed by atoms with E-state index < -0.39 is 0 Å². The van der Waals surface area contributed by atoms with E-state index in [1.807, 2.05) is 0 Å². The van der Waals surface area contributed by atoms with Gasteiger partial charge in [-0.15, -0.1) is 5.92 Å². The van der Waals surface area contributed by atoms with Crippen LogP contribution in [-0.2, 0) is 0 Å². The summed E-state index contributed by atoms with van der Waals surface area (Å²) in [5.41, 5.74) is 0. The number of nitrogens with one attached hydrogen (secondary N) is 1. The molecule has 0 saturated carbocycles. The minimum atomic E-state index is -0.208. The molecule has 1 radical (unpaired) electrons. The van der Waals surface area contributed by atoms with Gasteiger partial charge in [-0.3, -0.25) is 0 Å². The molecule has 47 valence electrons. The minimum Gasteiger partial charge on any atom is -0.394 e. The number of aliphatic hydroxyl groups is 1. The van der Waals surface area contributed by atoms with E-state index >= 15 is 0 Å². The fourth-order valence-corrected chi connectivity index (χ4v) is 0.719. The molecule has 0 aromatic heterocycles. The van der Waals surface area contributed by atoms with Crippen LogP contribution in [0.1, 0.15) is 0 Å². The van der Waals surface area contributed by atoms with Crippen molar-refractivity contribution in [2.45, 2.75) is 6.10 Å². The van der Waals surface area contributed by atoms with Gasteiger partial charge in [-0.05, 0) is 6.54 Å². The number of hydrogen-bond acceptors (Lipinski definition) is 2. The van der Waals surface area contributed by atoms with Crippen molar-refractivity contribution in [3.8, 4) is 0 Å². The summed E-state index contributed by atoms with van der Waals surface area (Å²) in [6.45, 7) is 5.28. The Morgan fingerprint density at radius 2 is 2.12 bits per heavy atom. The van der Waals surface area contributed by atoms with Crippen LogP contribution in [-0.4, -0.2) is 24.3 Å². The third kappa shape index (κ3) is 2.04. The van der Waals surface area contributed by atoms with Crippen molar-refractivity contribution >= 4 is 0 Å². The third-order valence-electron chi connectivity index (χ3n) is 1.30. The summed E-state index contributed by atoms with van der Waals surface area (Å²) < 4.78 is 0. The molecule has 8 heavy (non-hydrogen) atoms. The topological polar surface area (TPSA) is 32.3 Å². The van der Waals surface area contributed by atoms with Crippen LogP contribution >= 0.6 is 0 Å². The molecule has 0 aliphatic carbocycles.